The molecule has 396 valence electrons. The van der Waals surface area contributed by atoms with Gasteiger partial charge in [-0.1, -0.05) is 0 Å². The van der Waals surface area contributed by atoms with Crippen LogP contribution >= 0.6 is 0 Å². The average molecular weight is 1030 g/mol. The van der Waals surface area contributed by atoms with Crippen LogP contribution in [-0.4, -0.2) is 170 Å². The van der Waals surface area contributed by atoms with Crippen LogP contribution < -0.4 is 18.9 Å². The number of benzene rings is 4. The second-order valence-corrected chi connectivity index (χ2v) is 16.1. The number of rotatable bonds is 42. The number of ketones is 2. The van der Waals surface area contributed by atoms with Crippen molar-refractivity contribution < 1.29 is 93.3 Å². The summed E-state index contributed by atoms with van der Waals surface area (Å²) >= 11 is 0. The highest BCUT2D eigenvalue weighted by Crippen LogP contribution is 2.22. The summed E-state index contributed by atoms with van der Waals surface area (Å²) in [5.74, 6) is 1.92. The van der Waals surface area contributed by atoms with Gasteiger partial charge in [0.05, 0.1) is 111 Å². The third-order valence-electron chi connectivity index (χ3n) is 10.3. The van der Waals surface area contributed by atoms with E-state index in [1.807, 2.05) is 0 Å². The van der Waals surface area contributed by atoms with Gasteiger partial charge >= 0.3 is 14.5 Å². The molecule has 0 unspecified atom stereocenters. The van der Waals surface area contributed by atoms with E-state index in [2.05, 4.69) is 0 Å². The van der Waals surface area contributed by atoms with Crippen molar-refractivity contribution >= 4 is 37.5 Å². The molecule has 0 aliphatic rings. The molecule has 4 rings (SSSR count). The van der Waals surface area contributed by atoms with Crippen LogP contribution in [0.5, 0.6) is 23.0 Å². The zero-order valence-electron chi connectivity index (χ0n) is 41.1. The molecule has 0 amide bonds. The summed E-state index contributed by atoms with van der Waals surface area (Å²) in [7, 11) is -6.19. The molecular formula is C51H62B2F4O16. The first kappa shape index (κ1) is 59.8. The molecule has 0 atom stereocenters. The fourth-order valence-corrected chi connectivity index (χ4v) is 6.41. The maximum atomic E-state index is 12.7. The van der Waals surface area contributed by atoms with E-state index in [1.165, 1.54) is 62.4 Å². The molecule has 0 saturated carbocycles. The first-order chi connectivity index (χ1) is 35.4. The fraction of sp³-hybridized carbons (Fsp3) is 0.451. The molecule has 0 aromatic heterocycles. The molecule has 16 nitrogen and oxygen atoms in total. The highest BCUT2D eigenvalue weighted by Gasteiger charge is 2.33. The molecule has 0 aliphatic heterocycles. The topological polar surface area (TPSA) is 179 Å². The molecule has 0 saturated heterocycles. The standard InChI is InChI=1S/C51H62B2F4O16/c1-39(58)41-3-11-45(12-4-41)70-31-27-62-19-23-66-35-51(36-67-24-20-63-28-32-71-46-13-5-42(6-14-46)40(2)59,37-68-25-21-64-29-33-72-47-15-7-43(8-16-47)49(60)52(54)55)38-69-26-22-65-30-34-73-48-17-9-44(10-18-48)50(61)53(56)57/h3-18H,19-38H2,1-2H3. The molecule has 0 heterocycles. The van der Waals surface area contributed by atoms with Crippen molar-refractivity contribution in [3.05, 3.63) is 119 Å². The van der Waals surface area contributed by atoms with Gasteiger partial charge in [0.15, 0.2) is 11.6 Å². The van der Waals surface area contributed by atoms with E-state index < -0.39 is 31.3 Å². The summed E-state index contributed by atoms with van der Waals surface area (Å²) in [5.41, 5.74) is -2.42. The predicted octanol–water partition coefficient (Wildman–Crippen LogP) is 7.13. The van der Waals surface area contributed by atoms with Crippen LogP contribution in [0.4, 0.5) is 17.3 Å². The smallest absolute Gasteiger partial charge is 0.491 e. The summed E-state index contributed by atoms with van der Waals surface area (Å²) in [4.78, 5) is 46.2. The summed E-state index contributed by atoms with van der Waals surface area (Å²) in [6, 6.07) is 24.5. The lowest BCUT2D eigenvalue weighted by Gasteiger charge is -2.33. The largest absolute Gasteiger partial charge is 0.614 e. The van der Waals surface area contributed by atoms with Gasteiger partial charge in [-0.15, -0.1) is 0 Å². The third-order valence-corrected chi connectivity index (χ3v) is 10.3. The van der Waals surface area contributed by atoms with Crippen LogP contribution in [0.25, 0.3) is 0 Å². The lowest BCUT2D eigenvalue weighted by Crippen LogP contribution is -2.43. The first-order valence-corrected chi connectivity index (χ1v) is 23.6. The monoisotopic (exact) mass is 1030 g/mol. The Balaban J connectivity index is 1.27. The van der Waals surface area contributed by atoms with E-state index in [-0.39, 0.29) is 155 Å². The van der Waals surface area contributed by atoms with Gasteiger partial charge in [-0.3, -0.25) is 36.4 Å². The molecule has 4 aromatic carbocycles. The number of ether oxygens (including phenoxy) is 12. The molecule has 0 aliphatic carbocycles. The van der Waals surface area contributed by atoms with Crippen molar-refractivity contribution in [3.63, 3.8) is 0 Å². The maximum Gasteiger partial charge on any atom is 0.614 e. The molecular weight excluding hydrogens is 966 g/mol. The highest BCUT2D eigenvalue weighted by molar-refractivity contribution is 6.83. The lowest BCUT2D eigenvalue weighted by atomic mass is 9.85. The van der Waals surface area contributed by atoms with Gasteiger partial charge < -0.3 is 56.8 Å². The Kier molecular flexibility index (Phi) is 28.4. The fourth-order valence-electron chi connectivity index (χ4n) is 6.41. The van der Waals surface area contributed by atoms with Crippen molar-refractivity contribution in [1.82, 2.24) is 0 Å². The normalized spacial score (nSPS) is 11.3. The Morgan fingerprint density at radius 2 is 0.534 bits per heavy atom. The first-order valence-electron chi connectivity index (χ1n) is 23.6. The van der Waals surface area contributed by atoms with Gasteiger partial charge in [-0.05, 0) is 111 Å². The van der Waals surface area contributed by atoms with Crippen LogP contribution in [-0.2, 0) is 37.9 Å². The Morgan fingerprint density at radius 1 is 0.329 bits per heavy atom. The van der Waals surface area contributed by atoms with E-state index in [1.54, 1.807) is 48.5 Å². The predicted molar refractivity (Wildman–Crippen MR) is 261 cm³/mol. The number of Topliss-reactive ketones (excluding diaryl/α,β-unsaturated/α-hetero) is 2. The quantitative estimate of drug-likeness (QED) is 0.0189. The summed E-state index contributed by atoms with van der Waals surface area (Å²) in [5, 5.41) is 0. The third kappa shape index (κ3) is 24.3. The minimum Gasteiger partial charge on any atom is -0.491 e. The highest BCUT2D eigenvalue weighted by atomic mass is 19.2. The molecule has 22 heteroatoms. The van der Waals surface area contributed by atoms with E-state index in [0.717, 1.165) is 0 Å². The Labute approximate surface area is 423 Å². The summed E-state index contributed by atoms with van der Waals surface area (Å²) in [6.07, 6.45) is 0. The van der Waals surface area contributed by atoms with Gasteiger partial charge in [0, 0.05) is 22.3 Å². The average Bonchev–Trinajstić information content (AvgIpc) is 3.39. The molecule has 0 N–H and O–H groups in total. The second-order valence-electron chi connectivity index (χ2n) is 16.1. The van der Waals surface area contributed by atoms with Crippen molar-refractivity contribution in [3.8, 4) is 23.0 Å². The van der Waals surface area contributed by atoms with Gasteiger partial charge in [0.2, 0.25) is 11.4 Å². The Bertz CT molecular complexity index is 2030. The number of hydrogen-bond donors (Lipinski definition) is 0. The second kappa shape index (κ2) is 34.7. The maximum absolute atomic E-state index is 12.7. The van der Waals surface area contributed by atoms with Crippen molar-refractivity contribution in [2.45, 2.75) is 13.8 Å². The SMILES string of the molecule is CC(=O)c1ccc(OCCOCCOCC(COCCOCCOc2ccc(C(C)=O)cc2)(COCCOCCOc2ccc(C(=O)B(F)F)cc2)COCCOCCOc2ccc(C(=O)B(F)F)cc2)cc1. The molecule has 0 spiro atoms. The molecule has 0 radical (unpaired) electrons. The van der Waals surface area contributed by atoms with E-state index >= 15 is 0 Å². The van der Waals surface area contributed by atoms with E-state index in [9.17, 15) is 36.4 Å². The van der Waals surface area contributed by atoms with Crippen LogP contribution in [0.15, 0.2) is 97.1 Å². The van der Waals surface area contributed by atoms with Crippen LogP contribution in [0.1, 0.15) is 55.3 Å². The van der Waals surface area contributed by atoms with Crippen LogP contribution in [0.3, 0.4) is 0 Å². The van der Waals surface area contributed by atoms with Gasteiger partial charge in [-0.25, -0.2) is 0 Å². The Hall–Kier alpha value is -5.71. The number of hydrogen-bond acceptors (Lipinski definition) is 16. The van der Waals surface area contributed by atoms with Gasteiger partial charge in [0.25, 0.3) is 0 Å². The number of carbonyl (C=O) groups excluding carboxylic acids is 4. The van der Waals surface area contributed by atoms with Crippen LogP contribution in [0, 0.1) is 5.41 Å². The lowest BCUT2D eigenvalue weighted by molar-refractivity contribution is -0.122. The molecule has 0 fully saturated rings. The Morgan fingerprint density at radius 3 is 0.753 bits per heavy atom. The summed E-state index contributed by atoms with van der Waals surface area (Å²) in [6.45, 7) is 7.05. The van der Waals surface area contributed by atoms with Crippen molar-refractivity contribution in [2.75, 3.05) is 132 Å². The van der Waals surface area contributed by atoms with Gasteiger partial charge in [-0.2, -0.15) is 0 Å². The van der Waals surface area contributed by atoms with Gasteiger partial charge in [0.1, 0.15) is 49.4 Å². The zero-order chi connectivity index (χ0) is 52.5. The van der Waals surface area contributed by atoms with E-state index in [4.69, 9.17) is 56.8 Å². The van der Waals surface area contributed by atoms with Crippen molar-refractivity contribution in [2.24, 2.45) is 5.41 Å². The minimum atomic E-state index is -3.09. The van der Waals surface area contributed by atoms with E-state index in [0.29, 0.717) is 34.1 Å². The molecule has 73 heavy (non-hydrogen) atoms. The minimum absolute atomic E-state index is 0.0369. The molecule has 4 aromatic rings. The zero-order valence-corrected chi connectivity index (χ0v) is 41.1. The number of halogens is 4. The number of carbonyl (C=O) groups is 4. The summed E-state index contributed by atoms with van der Waals surface area (Å²) < 4.78 is 121. The molecule has 0 bridgehead atoms. The van der Waals surface area contributed by atoms with Crippen LogP contribution in [0.2, 0.25) is 0 Å². The van der Waals surface area contributed by atoms with Crippen molar-refractivity contribution in [1.29, 1.82) is 0 Å².